The second-order valence-electron chi connectivity index (χ2n) is 5.92. The van der Waals surface area contributed by atoms with Crippen molar-refractivity contribution in [2.24, 2.45) is 0 Å². The molecule has 0 unspecified atom stereocenters. The maximum absolute atomic E-state index is 12.0. The highest BCUT2D eigenvalue weighted by atomic mass is 16.6. The van der Waals surface area contributed by atoms with E-state index in [1.807, 2.05) is 49.5 Å². The maximum Gasteiger partial charge on any atom is 0.414 e. The van der Waals surface area contributed by atoms with Crippen molar-refractivity contribution in [1.82, 2.24) is 4.90 Å². The lowest BCUT2D eigenvalue weighted by atomic mass is 9.88. The first kappa shape index (κ1) is 15.3. The van der Waals surface area contributed by atoms with Crippen LogP contribution in [-0.4, -0.2) is 23.6 Å². The number of cyclic esters (lactones) is 1. The highest BCUT2D eigenvalue weighted by Gasteiger charge is 2.29. The van der Waals surface area contributed by atoms with Gasteiger partial charge in [0.2, 0.25) is 0 Å². The number of amides is 1. The number of hydrogen-bond acceptors (Lipinski definition) is 2. The van der Waals surface area contributed by atoms with Gasteiger partial charge in [0.15, 0.2) is 0 Å². The summed E-state index contributed by atoms with van der Waals surface area (Å²) in [5.74, 6) is 0.180. The minimum absolute atomic E-state index is 0.0594. The summed E-state index contributed by atoms with van der Waals surface area (Å²) in [5, 5.41) is 0. The third-order valence-electron chi connectivity index (χ3n) is 4.29. The van der Waals surface area contributed by atoms with Gasteiger partial charge in [-0.15, -0.1) is 0 Å². The van der Waals surface area contributed by atoms with Gasteiger partial charge in [-0.3, -0.25) is 4.90 Å². The topological polar surface area (TPSA) is 29.5 Å². The van der Waals surface area contributed by atoms with Gasteiger partial charge in [0.05, 0.1) is 6.04 Å². The van der Waals surface area contributed by atoms with Gasteiger partial charge < -0.3 is 4.74 Å². The van der Waals surface area contributed by atoms with Crippen LogP contribution in [0, 0.1) is 0 Å². The number of carbonyl (C=O) groups excluding carboxylic acids is 1. The van der Waals surface area contributed by atoms with Gasteiger partial charge in [-0.1, -0.05) is 67.6 Å². The molecule has 1 saturated heterocycles. The number of benzene rings is 2. The van der Waals surface area contributed by atoms with Crippen molar-refractivity contribution in [3.8, 4) is 0 Å². The van der Waals surface area contributed by atoms with Crippen molar-refractivity contribution < 1.29 is 9.53 Å². The first-order chi connectivity index (χ1) is 11.2. The summed E-state index contributed by atoms with van der Waals surface area (Å²) in [6, 6.07) is 20.6. The van der Waals surface area contributed by atoms with Crippen LogP contribution in [0.5, 0.6) is 0 Å². The van der Waals surface area contributed by atoms with E-state index in [0.29, 0.717) is 6.61 Å². The number of allylic oxidation sites excluding steroid dienone is 1. The molecular weight excluding hydrogens is 286 g/mol. The smallest absolute Gasteiger partial charge is 0.414 e. The van der Waals surface area contributed by atoms with E-state index in [1.54, 1.807) is 4.90 Å². The van der Waals surface area contributed by atoms with Crippen molar-refractivity contribution in [3.05, 3.63) is 78.0 Å². The van der Waals surface area contributed by atoms with Crippen LogP contribution >= 0.6 is 0 Å². The zero-order chi connectivity index (χ0) is 16.2. The fourth-order valence-corrected chi connectivity index (χ4v) is 2.84. The van der Waals surface area contributed by atoms with Crippen LogP contribution in [0.1, 0.15) is 30.9 Å². The van der Waals surface area contributed by atoms with Gasteiger partial charge in [-0.05, 0) is 23.6 Å². The van der Waals surface area contributed by atoms with Crippen LogP contribution in [-0.2, 0) is 4.74 Å². The van der Waals surface area contributed by atoms with Crippen LogP contribution in [0.15, 0.2) is 66.9 Å². The van der Waals surface area contributed by atoms with E-state index in [9.17, 15) is 4.79 Å². The second kappa shape index (κ2) is 6.69. The molecule has 1 amide bonds. The van der Waals surface area contributed by atoms with Crippen LogP contribution in [0.25, 0.3) is 5.57 Å². The summed E-state index contributed by atoms with van der Waals surface area (Å²) in [6.45, 7) is 4.61. The predicted molar refractivity (Wildman–Crippen MR) is 91.9 cm³/mol. The highest BCUT2D eigenvalue weighted by Crippen LogP contribution is 2.33. The third-order valence-corrected chi connectivity index (χ3v) is 4.29. The molecule has 0 spiro atoms. The first-order valence-corrected chi connectivity index (χ1v) is 7.94. The molecule has 0 radical (unpaired) electrons. The van der Waals surface area contributed by atoms with Gasteiger partial charge in [0, 0.05) is 12.1 Å². The number of ether oxygens (including phenoxy) is 1. The monoisotopic (exact) mass is 307 g/mol. The molecule has 1 fully saturated rings. The average Bonchev–Trinajstić information content (AvgIpc) is 2.92. The Labute approximate surface area is 137 Å². The van der Waals surface area contributed by atoms with Crippen LogP contribution in [0.2, 0.25) is 0 Å². The second-order valence-corrected chi connectivity index (χ2v) is 5.92. The normalized spacial score (nSPS) is 19.6. The van der Waals surface area contributed by atoms with E-state index in [0.717, 1.165) is 11.1 Å². The van der Waals surface area contributed by atoms with Gasteiger partial charge >= 0.3 is 6.09 Å². The number of nitrogens with zero attached hydrogens (tertiary/aromatic N) is 1. The molecule has 3 nitrogen and oxygen atoms in total. The number of carbonyl (C=O) groups is 1. The molecule has 118 valence electrons. The molecule has 3 rings (SSSR count). The molecule has 0 aliphatic carbocycles. The van der Waals surface area contributed by atoms with E-state index < -0.39 is 0 Å². The fourth-order valence-electron chi connectivity index (χ4n) is 2.84. The van der Waals surface area contributed by atoms with Crippen molar-refractivity contribution in [2.45, 2.75) is 25.8 Å². The molecule has 2 aromatic carbocycles. The Morgan fingerprint density at radius 1 is 1.13 bits per heavy atom. The lowest BCUT2D eigenvalue weighted by Crippen LogP contribution is -2.26. The number of hydrogen-bond donors (Lipinski definition) is 0. The van der Waals surface area contributed by atoms with E-state index in [2.05, 4.69) is 31.2 Å². The summed E-state index contributed by atoms with van der Waals surface area (Å²) in [4.78, 5) is 13.7. The van der Waals surface area contributed by atoms with Crippen molar-refractivity contribution in [2.75, 3.05) is 6.61 Å². The van der Waals surface area contributed by atoms with Crippen LogP contribution in [0.3, 0.4) is 0 Å². The minimum Gasteiger partial charge on any atom is -0.447 e. The molecule has 0 aromatic heterocycles. The molecule has 1 aliphatic rings. The molecule has 1 aliphatic heterocycles. The Morgan fingerprint density at radius 3 is 2.30 bits per heavy atom. The van der Waals surface area contributed by atoms with Gasteiger partial charge in [-0.25, -0.2) is 4.79 Å². The molecule has 3 heteroatoms. The Morgan fingerprint density at radius 2 is 1.74 bits per heavy atom. The Bertz CT molecular complexity index is 694. The fraction of sp³-hybridized carbons (Fsp3) is 0.250. The van der Waals surface area contributed by atoms with Gasteiger partial charge in [0.25, 0.3) is 0 Å². The predicted octanol–water partition coefficient (Wildman–Crippen LogP) is 4.67. The molecule has 1 heterocycles. The summed E-state index contributed by atoms with van der Waals surface area (Å²) in [5.41, 5.74) is 3.46. The van der Waals surface area contributed by atoms with E-state index >= 15 is 0 Å². The van der Waals surface area contributed by atoms with Crippen molar-refractivity contribution in [3.63, 3.8) is 0 Å². The molecule has 0 saturated carbocycles. The van der Waals surface area contributed by atoms with Crippen LogP contribution in [0.4, 0.5) is 4.79 Å². The molecule has 2 atom stereocenters. The summed E-state index contributed by atoms with van der Waals surface area (Å²) in [7, 11) is 0. The summed E-state index contributed by atoms with van der Waals surface area (Å²) >= 11 is 0. The lowest BCUT2D eigenvalue weighted by molar-refractivity contribution is 0.166. The lowest BCUT2D eigenvalue weighted by Gasteiger charge is -2.21. The summed E-state index contributed by atoms with van der Waals surface area (Å²) in [6.07, 6.45) is 1.68. The quantitative estimate of drug-likeness (QED) is 0.821. The van der Waals surface area contributed by atoms with E-state index in [4.69, 9.17) is 4.74 Å². The molecule has 0 bridgehead atoms. The van der Waals surface area contributed by atoms with Crippen molar-refractivity contribution >= 4 is 11.7 Å². The minimum atomic E-state index is -0.272. The standard InChI is InChI=1S/C20H21NO2/c1-15-14-23-20(22)21(15)13-19(18-11-7-4-8-12-18)16(2)17-9-5-3-6-10-17/h3-13,15-16H,14H2,1-2H3/b19-13+/t15-,16-/m0/s1. The number of rotatable bonds is 4. The van der Waals surface area contributed by atoms with Gasteiger partial charge in [-0.2, -0.15) is 0 Å². The molecular formula is C20H21NO2. The summed E-state index contributed by atoms with van der Waals surface area (Å²) < 4.78 is 5.14. The van der Waals surface area contributed by atoms with Crippen molar-refractivity contribution in [1.29, 1.82) is 0 Å². The highest BCUT2D eigenvalue weighted by molar-refractivity contribution is 5.77. The zero-order valence-corrected chi connectivity index (χ0v) is 13.5. The van der Waals surface area contributed by atoms with E-state index in [1.165, 1.54) is 5.56 Å². The van der Waals surface area contributed by atoms with E-state index in [-0.39, 0.29) is 18.1 Å². The third kappa shape index (κ3) is 3.29. The SMILES string of the molecule is C[C@H](/C(=C\N1C(=O)OC[C@@H]1C)c1ccccc1)c1ccccc1. The Hall–Kier alpha value is -2.55. The van der Waals surface area contributed by atoms with Crippen LogP contribution < -0.4 is 0 Å². The Kier molecular flexibility index (Phi) is 4.47. The zero-order valence-electron chi connectivity index (χ0n) is 13.5. The molecule has 2 aromatic rings. The average molecular weight is 307 g/mol. The molecule has 0 N–H and O–H groups in total. The molecule has 23 heavy (non-hydrogen) atoms. The first-order valence-electron chi connectivity index (χ1n) is 7.94. The largest absolute Gasteiger partial charge is 0.447 e. The van der Waals surface area contributed by atoms with Gasteiger partial charge in [0.1, 0.15) is 6.61 Å². The maximum atomic E-state index is 12.0. The Balaban J connectivity index is 2.02.